The lowest BCUT2D eigenvalue weighted by Gasteiger charge is -2.48. The van der Waals surface area contributed by atoms with Gasteiger partial charge in [-0.15, -0.1) is 6.58 Å². The van der Waals surface area contributed by atoms with Gasteiger partial charge in [-0.3, -0.25) is 4.79 Å². The Balaban J connectivity index is 1.76. The van der Waals surface area contributed by atoms with Gasteiger partial charge < -0.3 is 18.8 Å². The van der Waals surface area contributed by atoms with E-state index in [0.29, 0.717) is 31.1 Å². The van der Waals surface area contributed by atoms with Crippen LogP contribution >= 0.6 is 0 Å². The summed E-state index contributed by atoms with van der Waals surface area (Å²) in [5.74, 6) is 0.714. The molecule has 0 spiro atoms. The smallest absolute Gasteiger partial charge is 0.258 e. The molecule has 114 valence electrons. The average molecular weight is 291 g/mol. The normalized spacial score (nSPS) is 28.4. The monoisotopic (exact) mass is 291 g/mol. The summed E-state index contributed by atoms with van der Waals surface area (Å²) in [7, 11) is 0. The lowest BCUT2D eigenvalue weighted by molar-refractivity contribution is -0.0996. The average Bonchev–Trinajstić information content (AvgIpc) is 2.89. The molecule has 2 saturated heterocycles. The number of fused-ring (bicyclic) bond motifs is 2. The van der Waals surface area contributed by atoms with Crippen LogP contribution in [0.4, 0.5) is 0 Å². The molecule has 2 bridgehead atoms. The molecule has 0 aliphatic carbocycles. The Labute approximate surface area is 124 Å². The molecule has 3 heterocycles. The maximum Gasteiger partial charge on any atom is 0.258 e. The Bertz CT molecular complexity index is 510. The summed E-state index contributed by atoms with van der Waals surface area (Å²) in [5.41, 5.74) is 0.650. The molecule has 2 aliphatic rings. The molecule has 0 aromatic carbocycles. The van der Waals surface area contributed by atoms with Gasteiger partial charge in [-0.1, -0.05) is 6.08 Å². The topological polar surface area (TPSA) is 51.9 Å². The minimum absolute atomic E-state index is 0.0433. The molecule has 2 unspecified atom stereocenters. The highest BCUT2D eigenvalue weighted by molar-refractivity contribution is 5.95. The summed E-state index contributed by atoms with van der Waals surface area (Å²) >= 11 is 0. The quantitative estimate of drug-likeness (QED) is 0.798. The van der Waals surface area contributed by atoms with Crippen molar-refractivity contribution in [1.82, 2.24) is 4.90 Å². The summed E-state index contributed by atoms with van der Waals surface area (Å²) in [5, 5.41) is 0. The molecule has 1 aromatic heterocycles. The highest BCUT2D eigenvalue weighted by Gasteiger charge is 2.42. The summed E-state index contributed by atoms with van der Waals surface area (Å²) in [4.78, 5) is 14.7. The van der Waals surface area contributed by atoms with Crippen molar-refractivity contribution in [3.63, 3.8) is 0 Å². The molecule has 2 aliphatic heterocycles. The van der Waals surface area contributed by atoms with Crippen LogP contribution in [0.15, 0.2) is 29.4 Å². The number of nitrogens with zero attached hydrogens (tertiary/aromatic N) is 1. The van der Waals surface area contributed by atoms with E-state index >= 15 is 0 Å². The number of aryl methyl sites for hydroxylation is 1. The van der Waals surface area contributed by atoms with Crippen LogP contribution in [-0.4, -0.2) is 48.8 Å². The van der Waals surface area contributed by atoms with Gasteiger partial charge in [0.2, 0.25) is 0 Å². The van der Waals surface area contributed by atoms with E-state index in [1.165, 1.54) is 0 Å². The first kappa shape index (κ1) is 14.4. The maximum absolute atomic E-state index is 12.8. The number of carbonyl (C=O) groups excluding carboxylic acids is 1. The fourth-order valence-corrected chi connectivity index (χ4v) is 3.28. The second kappa shape index (κ2) is 6.03. The van der Waals surface area contributed by atoms with Crippen LogP contribution < -0.4 is 0 Å². The molecular formula is C16H21NO4. The van der Waals surface area contributed by atoms with Crippen molar-refractivity contribution >= 4 is 5.91 Å². The number of rotatable bonds is 4. The minimum atomic E-state index is 0.0433. The van der Waals surface area contributed by atoms with Crippen LogP contribution in [0.5, 0.6) is 0 Å². The van der Waals surface area contributed by atoms with Crippen molar-refractivity contribution in [3.8, 4) is 0 Å². The van der Waals surface area contributed by atoms with E-state index in [4.69, 9.17) is 13.9 Å². The number of ether oxygens (including phenoxy) is 2. The Kier molecular flexibility index (Phi) is 4.12. The van der Waals surface area contributed by atoms with Crippen LogP contribution in [0, 0.1) is 6.92 Å². The zero-order chi connectivity index (χ0) is 14.8. The SMILES string of the molecule is C=CCOC1CC2COCC(C1)N2C(=O)c1ccoc1C. The van der Waals surface area contributed by atoms with E-state index in [-0.39, 0.29) is 24.1 Å². The molecule has 2 atom stereocenters. The van der Waals surface area contributed by atoms with Gasteiger partial charge in [0, 0.05) is 0 Å². The van der Waals surface area contributed by atoms with Crippen LogP contribution in [-0.2, 0) is 9.47 Å². The van der Waals surface area contributed by atoms with E-state index in [0.717, 1.165) is 12.8 Å². The van der Waals surface area contributed by atoms with Gasteiger partial charge in [-0.25, -0.2) is 0 Å². The lowest BCUT2D eigenvalue weighted by Crippen LogP contribution is -2.60. The minimum Gasteiger partial charge on any atom is -0.469 e. The number of carbonyl (C=O) groups is 1. The molecule has 5 heteroatoms. The fraction of sp³-hybridized carbons (Fsp3) is 0.562. The molecule has 21 heavy (non-hydrogen) atoms. The summed E-state index contributed by atoms with van der Waals surface area (Å²) in [6.07, 6.45) is 5.13. The van der Waals surface area contributed by atoms with E-state index in [1.807, 2.05) is 11.8 Å². The number of hydrogen-bond acceptors (Lipinski definition) is 4. The molecule has 3 rings (SSSR count). The van der Waals surface area contributed by atoms with E-state index in [2.05, 4.69) is 6.58 Å². The second-order valence-electron chi connectivity index (χ2n) is 5.66. The van der Waals surface area contributed by atoms with Crippen LogP contribution in [0.25, 0.3) is 0 Å². The largest absolute Gasteiger partial charge is 0.469 e. The van der Waals surface area contributed by atoms with Crippen molar-refractivity contribution in [1.29, 1.82) is 0 Å². The van der Waals surface area contributed by atoms with Gasteiger partial charge in [-0.2, -0.15) is 0 Å². The van der Waals surface area contributed by atoms with Crippen molar-refractivity contribution in [2.75, 3.05) is 19.8 Å². The zero-order valence-electron chi connectivity index (χ0n) is 12.3. The summed E-state index contributed by atoms with van der Waals surface area (Å²) in [6, 6.07) is 1.90. The lowest BCUT2D eigenvalue weighted by atomic mass is 9.91. The van der Waals surface area contributed by atoms with Crippen molar-refractivity contribution in [2.24, 2.45) is 0 Å². The first-order valence-electron chi connectivity index (χ1n) is 7.37. The molecule has 0 saturated carbocycles. The Morgan fingerprint density at radius 1 is 1.48 bits per heavy atom. The third-order valence-corrected chi connectivity index (χ3v) is 4.25. The number of piperidine rings is 1. The first-order valence-corrected chi connectivity index (χ1v) is 7.37. The van der Waals surface area contributed by atoms with Crippen molar-refractivity contribution < 1.29 is 18.7 Å². The molecule has 2 fully saturated rings. The Hall–Kier alpha value is -1.59. The number of morpholine rings is 1. The van der Waals surface area contributed by atoms with Crippen molar-refractivity contribution in [2.45, 2.75) is 38.0 Å². The highest BCUT2D eigenvalue weighted by Crippen LogP contribution is 2.31. The Morgan fingerprint density at radius 3 is 2.76 bits per heavy atom. The van der Waals surface area contributed by atoms with Gasteiger partial charge in [0.05, 0.1) is 49.8 Å². The third-order valence-electron chi connectivity index (χ3n) is 4.25. The highest BCUT2D eigenvalue weighted by atomic mass is 16.5. The third kappa shape index (κ3) is 2.76. The van der Waals surface area contributed by atoms with Gasteiger partial charge in [0.1, 0.15) is 5.76 Å². The summed E-state index contributed by atoms with van der Waals surface area (Å²) in [6.45, 7) is 7.21. The molecule has 5 nitrogen and oxygen atoms in total. The van der Waals surface area contributed by atoms with Gasteiger partial charge in [0.15, 0.2) is 0 Å². The zero-order valence-corrected chi connectivity index (χ0v) is 12.3. The van der Waals surface area contributed by atoms with Crippen LogP contribution in [0.3, 0.4) is 0 Å². The number of hydrogen-bond donors (Lipinski definition) is 0. The number of amides is 1. The van der Waals surface area contributed by atoms with E-state index < -0.39 is 0 Å². The van der Waals surface area contributed by atoms with Gasteiger partial charge >= 0.3 is 0 Å². The summed E-state index contributed by atoms with van der Waals surface area (Å²) < 4.78 is 16.7. The second-order valence-corrected chi connectivity index (χ2v) is 5.66. The fourth-order valence-electron chi connectivity index (χ4n) is 3.28. The van der Waals surface area contributed by atoms with Crippen LogP contribution in [0.2, 0.25) is 0 Å². The predicted molar refractivity (Wildman–Crippen MR) is 77.2 cm³/mol. The predicted octanol–water partition coefficient (Wildman–Crippen LogP) is 2.16. The maximum atomic E-state index is 12.8. The molecular weight excluding hydrogens is 270 g/mol. The first-order chi connectivity index (χ1) is 10.2. The molecule has 0 radical (unpaired) electrons. The molecule has 1 amide bonds. The van der Waals surface area contributed by atoms with E-state index in [1.54, 1.807) is 18.4 Å². The van der Waals surface area contributed by atoms with E-state index in [9.17, 15) is 4.79 Å². The Morgan fingerprint density at radius 2 is 2.19 bits per heavy atom. The molecule has 1 aromatic rings. The van der Waals surface area contributed by atoms with Gasteiger partial charge in [0.25, 0.3) is 5.91 Å². The number of furan rings is 1. The van der Waals surface area contributed by atoms with Gasteiger partial charge in [-0.05, 0) is 25.8 Å². The van der Waals surface area contributed by atoms with Crippen LogP contribution in [0.1, 0.15) is 29.0 Å². The molecule has 0 N–H and O–H groups in total. The standard InChI is InChI=1S/C16H21NO4/c1-3-5-21-14-7-12-9-19-10-13(8-14)17(12)16(18)15-4-6-20-11(15)2/h3-4,6,12-14H,1,5,7-10H2,2H3. The van der Waals surface area contributed by atoms with Crippen molar-refractivity contribution in [3.05, 3.63) is 36.3 Å².